The summed E-state index contributed by atoms with van der Waals surface area (Å²) in [5.74, 6) is 0.650. The fourth-order valence-electron chi connectivity index (χ4n) is 4.51. The molecule has 1 unspecified atom stereocenters. The number of thioether (sulfide) groups is 1. The van der Waals surface area contributed by atoms with Gasteiger partial charge in [0, 0.05) is 36.6 Å². The Labute approximate surface area is 202 Å². The first-order valence-electron chi connectivity index (χ1n) is 12.2. The summed E-state index contributed by atoms with van der Waals surface area (Å²) >= 11 is 1.58. The number of benzene rings is 1. The van der Waals surface area contributed by atoms with Crippen LogP contribution in [0.1, 0.15) is 58.3 Å². The van der Waals surface area contributed by atoms with Crippen molar-refractivity contribution in [2.45, 2.75) is 63.0 Å². The maximum Gasteiger partial charge on any atom is 0.248 e. The van der Waals surface area contributed by atoms with Crippen LogP contribution < -0.4 is 9.64 Å². The molecular formula is C26H38N2O4S. The van der Waals surface area contributed by atoms with Gasteiger partial charge in [-0.2, -0.15) is 0 Å². The van der Waals surface area contributed by atoms with E-state index in [1.165, 1.54) is 56.9 Å². The number of hydrogen-bond acceptors (Lipinski definition) is 6. The number of aliphatic hydroxyl groups is 1. The Balaban J connectivity index is 0.000000189. The number of fused-ring (bicyclic) bond motifs is 1. The van der Waals surface area contributed by atoms with E-state index >= 15 is 0 Å². The van der Waals surface area contributed by atoms with Gasteiger partial charge in [0.2, 0.25) is 11.0 Å². The van der Waals surface area contributed by atoms with Crippen molar-refractivity contribution in [1.29, 1.82) is 0 Å². The number of nitrogens with zero attached hydrogens (tertiary/aromatic N) is 2. The lowest BCUT2D eigenvalue weighted by Crippen LogP contribution is -2.49. The largest absolute Gasteiger partial charge is 0.497 e. The van der Waals surface area contributed by atoms with Gasteiger partial charge in [0.05, 0.1) is 7.11 Å². The quantitative estimate of drug-likeness (QED) is 0.507. The fraction of sp³-hybridized carbons (Fsp3) is 0.615. The van der Waals surface area contributed by atoms with Crippen LogP contribution in [-0.2, 0) is 9.59 Å². The van der Waals surface area contributed by atoms with E-state index in [1.54, 1.807) is 23.8 Å². The Bertz CT molecular complexity index is 818. The van der Waals surface area contributed by atoms with Crippen LogP contribution in [0, 0.1) is 0 Å². The van der Waals surface area contributed by atoms with Gasteiger partial charge in [-0.15, -0.1) is 0 Å². The number of anilines is 1. The molecule has 1 aromatic carbocycles. The van der Waals surface area contributed by atoms with Crippen molar-refractivity contribution in [2.24, 2.45) is 0 Å². The number of piperazine rings is 1. The van der Waals surface area contributed by atoms with Gasteiger partial charge in [-0.25, -0.2) is 0 Å². The molecule has 2 aliphatic heterocycles. The third-order valence-corrected chi connectivity index (χ3v) is 7.98. The molecule has 1 N–H and O–H groups in total. The number of rotatable bonds is 10. The van der Waals surface area contributed by atoms with E-state index in [9.17, 15) is 9.59 Å². The molecule has 0 bridgehead atoms. The van der Waals surface area contributed by atoms with Crippen molar-refractivity contribution >= 4 is 28.5 Å². The molecular weight excluding hydrogens is 436 g/mol. The molecule has 2 heterocycles. The zero-order chi connectivity index (χ0) is 23.7. The molecule has 1 amide bonds. The highest BCUT2D eigenvalue weighted by Crippen LogP contribution is 2.61. The third-order valence-electron chi connectivity index (χ3n) is 6.66. The zero-order valence-electron chi connectivity index (χ0n) is 20.1. The highest BCUT2D eigenvalue weighted by Gasteiger charge is 2.54. The Kier molecular flexibility index (Phi) is 9.68. The minimum atomic E-state index is -0.400. The number of unbranched alkanes of at least 4 members (excludes halogenated alkanes) is 5. The maximum absolute atomic E-state index is 11.3. The van der Waals surface area contributed by atoms with Gasteiger partial charge in [-0.3, -0.25) is 9.59 Å². The minimum absolute atomic E-state index is 0.190. The topological polar surface area (TPSA) is 70.1 Å². The Morgan fingerprint density at radius 3 is 2.30 bits per heavy atom. The van der Waals surface area contributed by atoms with E-state index in [0.29, 0.717) is 23.0 Å². The SMILES string of the molecule is CCCCCCCCC12CC1=CC(=O)S2.COc1ccc(N2CCN(C(=O)CO)CC2)cc1. The number of amides is 1. The third kappa shape index (κ3) is 7.24. The monoisotopic (exact) mass is 474 g/mol. The van der Waals surface area contributed by atoms with Crippen LogP contribution in [0.4, 0.5) is 5.69 Å². The van der Waals surface area contributed by atoms with Gasteiger partial charge >= 0.3 is 0 Å². The summed E-state index contributed by atoms with van der Waals surface area (Å²) in [6, 6.07) is 7.89. The molecule has 1 saturated heterocycles. The highest BCUT2D eigenvalue weighted by molar-refractivity contribution is 8.16. The molecule has 1 saturated carbocycles. The number of aliphatic hydroxyl groups excluding tert-OH is 1. The van der Waals surface area contributed by atoms with Crippen LogP contribution in [0.3, 0.4) is 0 Å². The van der Waals surface area contributed by atoms with E-state index in [2.05, 4.69) is 11.8 Å². The summed E-state index contributed by atoms with van der Waals surface area (Å²) in [4.78, 5) is 26.4. The molecule has 3 aliphatic rings. The van der Waals surface area contributed by atoms with Crippen LogP contribution in [0.5, 0.6) is 5.75 Å². The van der Waals surface area contributed by atoms with E-state index in [0.717, 1.165) is 24.5 Å². The molecule has 0 aromatic heterocycles. The molecule has 1 atom stereocenters. The molecule has 4 rings (SSSR count). The van der Waals surface area contributed by atoms with Gasteiger partial charge in [-0.1, -0.05) is 57.2 Å². The number of hydrogen-bond donors (Lipinski definition) is 1. The zero-order valence-corrected chi connectivity index (χ0v) is 20.9. The van der Waals surface area contributed by atoms with E-state index in [-0.39, 0.29) is 5.91 Å². The Morgan fingerprint density at radius 1 is 1.06 bits per heavy atom. The van der Waals surface area contributed by atoms with E-state index < -0.39 is 6.61 Å². The van der Waals surface area contributed by atoms with Crippen molar-refractivity contribution in [2.75, 3.05) is 44.8 Å². The van der Waals surface area contributed by atoms with Crippen molar-refractivity contribution in [3.05, 3.63) is 35.9 Å². The predicted octanol–water partition coefficient (Wildman–Crippen LogP) is 4.42. The second-order valence-electron chi connectivity index (χ2n) is 9.00. The van der Waals surface area contributed by atoms with Crippen LogP contribution in [-0.4, -0.2) is 65.7 Å². The van der Waals surface area contributed by atoms with Crippen LogP contribution in [0.15, 0.2) is 35.9 Å². The van der Waals surface area contributed by atoms with Crippen LogP contribution in [0.25, 0.3) is 0 Å². The fourth-order valence-corrected chi connectivity index (χ4v) is 5.76. The van der Waals surface area contributed by atoms with Crippen molar-refractivity contribution in [3.8, 4) is 5.75 Å². The molecule has 7 heteroatoms. The lowest BCUT2D eigenvalue weighted by molar-refractivity contribution is -0.134. The number of ether oxygens (including phenoxy) is 1. The standard InChI is InChI=1S/C13H18N2O3.C13H20OS/c1-18-12-4-2-11(3-5-12)14-6-8-15(9-7-14)13(17)10-16;1-2-3-4-5-6-7-8-13-10-11(13)9-12(14)15-13/h2-5,16H,6-10H2,1H3;9H,2-8,10H2,1H3. The van der Waals surface area contributed by atoms with Gasteiger partial charge in [0.1, 0.15) is 12.4 Å². The second kappa shape index (κ2) is 12.5. The summed E-state index contributed by atoms with van der Waals surface area (Å²) in [7, 11) is 1.65. The first-order valence-corrected chi connectivity index (χ1v) is 13.0. The molecule has 33 heavy (non-hydrogen) atoms. The van der Waals surface area contributed by atoms with Gasteiger partial charge in [-0.05, 0) is 48.8 Å². The van der Waals surface area contributed by atoms with Crippen LogP contribution >= 0.6 is 11.8 Å². The maximum atomic E-state index is 11.3. The van der Waals surface area contributed by atoms with Gasteiger partial charge in [0.25, 0.3) is 0 Å². The van der Waals surface area contributed by atoms with E-state index in [4.69, 9.17) is 9.84 Å². The van der Waals surface area contributed by atoms with Crippen LogP contribution in [0.2, 0.25) is 0 Å². The van der Waals surface area contributed by atoms with Crippen molar-refractivity contribution in [1.82, 2.24) is 4.90 Å². The first-order chi connectivity index (χ1) is 16.0. The molecule has 6 nitrogen and oxygen atoms in total. The summed E-state index contributed by atoms with van der Waals surface area (Å²) in [6.07, 6.45) is 12.4. The predicted molar refractivity (Wildman–Crippen MR) is 135 cm³/mol. The minimum Gasteiger partial charge on any atom is -0.497 e. The average Bonchev–Trinajstić information content (AvgIpc) is 3.41. The number of carbonyl (C=O) groups is 2. The molecule has 1 aromatic rings. The van der Waals surface area contributed by atoms with E-state index in [1.807, 2.05) is 30.3 Å². The number of carbonyl (C=O) groups excluding carboxylic acids is 2. The summed E-state index contributed by atoms with van der Waals surface area (Å²) in [6.45, 7) is 4.75. The lowest BCUT2D eigenvalue weighted by atomic mass is 10.1. The average molecular weight is 475 g/mol. The summed E-state index contributed by atoms with van der Waals surface area (Å²) in [5, 5.41) is 9.10. The summed E-state index contributed by atoms with van der Waals surface area (Å²) < 4.78 is 5.43. The highest BCUT2D eigenvalue weighted by atomic mass is 32.2. The van der Waals surface area contributed by atoms with Crippen molar-refractivity contribution in [3.63, 3.8) is 0 Å². The molecule has 182 valence electrons. The Hall–Kier alpha value is -1.99. The second-order valence-corrected chi connectivity index (χ2v) is 10.4. The normalized spacial score (nSPS) is 21.2. The molecule has 0 radical (unpaired) electrons. The van der Waals surface area contributed by atoms with Crippen molar-refractivity contribution < 1.29 is 19.4 Å². The lowest BCUT2D eigenvalue weighted by Gasteiger charge is -2.35. The molecule has 2 fully saturated rings. The first kappa shape index (κ1) is 25.6. The summed E-state index contributed by atoms with van der Waals surface area (Å²) in [5.41, 5.74) is 2.55. The smallest absolute Gasteiger partial charge is 0.248 e. The molecule has 1 aliphatic carbocycles. The number of methoxy groups -OCH3 is 1. The van der Waals surface area contributed by atoms with Gasteiger partial charge < -0.3 is 19.6 Å². The Morgan fingerprint density at radius 2 is 1.73 bits per heavy atom. The molecule has 0 spiro atoms. The van der Waals surface area contributed by atoms with Gasteiger partial charge in [0.15, 0.2) is 0 Å².